The van der Waals surface area contributed by atoms with Crippen LogP contribution in [0.2, 0.25) is 0 Å². The number of hydrogen-bond acceptors (Lipinski definition) is 6. The van der Waals surface area contributed by atoms with Crippen molar-refractivity contribution in [3.05, 3.63) is 17.9 Å². The van der Waals surface area contributed by atoms with Crippen molar-refractivity contribution in [2.24, 2.45) is 0 Å². The van der Waals surface area contributed by atoms with Crippen LogP contribution in [0.3, 0.4) is 0 Å². The summed E-state index contributed by atoms with van der Waals surface area (Å²) in [6, 6.07) is 2.86. The first-order valence-electron chi connectivity index (χ1n) is 7.90. The van der Waals surface area contributed by atoms with Gasteiger partial charge in [0.05, 0.1) is 0 Å². The molecule has 2 fully saturated rings. The second-order valence-corrected chi connectivity index (χ2v) is 8.02. The molecule has 1 aromatic heterocycles. The van der Waals surface area contributed by atoms with E-state index in [1.807, 2.05) is 0 Å². The van der Waals surface area contributed by atoms with E-state index in [1.165, 1.54) is 16.4 Å². The van der Waals surface area contributed by atoms with Crippen molar-refractivity contribution in [2.75, 3.05) is 13.1 Å². The quantitative estimate of drug-likeness (QED) is 0.812. The van der Waals surface area contributed by atoms with E-state index in [4.69, 9.17) is 9.15 Å². The topological polar surface area (TPSA) is 97.1 Å². The summed E-state index contributed by atoms with van der Waals surface area (Å²) in [7, 11) is -3.61. The number of ether oxygens (including phenoxy) is 1. The van der Waals surface area contributed by atoms with E-state index in [0.29, 0.717) is 25.9 Å². The van der Waals surface area contributed by atoms with Crippen molar-refractivity contribution in [1.29, 1.82) is 0 Å². The fourth-order valence-electron chi connectivity index (χ4n) is 3.07. The Hall–Kier alpha value is -1.38. The molecule has 1 aliphatic heterocycles. The summed E-state index contributed by atoms with van der Waals surface area (Å²) in [5, 5.41) is 9.97. The summed E-state index contributed by atoms with van der Waals surface area (Å²) in [5.41, 5.74) is -1.41. The van der Waals surface area contributed by atoms with E-state index in [9.17, 15) is 18.3 Å². The average molecular weight is 343 g/mol. The lowest BCUT2D eigenvalue weighted by molar-refractivity contribution is -0.166. The molecule has 0 amide bonds. The van der Waals surface area contributed by atoms with Gasteiger partial charge in [-0.1, -0.05) is 0 Å². The summed E-state index contributed by atoms with van der Waals surface area (Å²) < 4.78 is 36.4. The van der Waals surface area contributed by atoms with Gasteiger partial charge < -0.3 is 14.3 Å². The summed E-state index contributed by atoms with van der Waals surface area (Å²) in [6.45, 7) is 0.817. The molecule has 0 spiro atoms. The Kier molecular flexibility index (Phi) is 4.48. The third-order valence-corrected chi connectivity index (χ3v) is 6.23. The molecule has 0 atom stereocenters. The predicted molar refractivity (Wildman–Crippen MR) is 79.9 cm³/mol. The van der Waals surface area contributed by atoms with Crippen LogP contribution in [-0.4, -0.2) is 42.5 Å². The van der Waals surface area contributed by atoms with E-state index < -0.39 is 21.6 Å². The molecule has 1 saturated carbocycles. The first-order valence-corrected chi connectivity index (χ1v) is 9.34. The molecule has 2 aliphatic rings. The fraction of sp³-hybridized carbons (Fsp3) is 0.667. The lowest BCUT2D eigenvalue weighted by atomic mass is 10.0. The van der Waals surface area contributed by atoms with Gasteiger partial charge in [0.1, 0.15) is 12.4 Å². The molecule has 0 unspecified atom stereocenters. The summed E-state index contributed by atoms with van der Waals surface area (Å²) in [4.78, 5) is 11.9. The number of nitrogens with zero attached hydrogens (tertiary/aromatic N) is 1. The van der Waals surface area contributed by atoms with Crippen LogP contribution in [0.5, 0.6) is 0 Å². The molecule has 0 bridgehead atoms. The number of sulfonamides is 1. The summed E-state index contributed by atoms with van der Waals surface area (Å²) in [5.74, 6) is -0.423. The molecular formula is C15H21NO6S. The Morgan fingerprint density at radius 2 is 1.87 bits per heavy atom. The Balaban J connectivity index is 1.62. The molecular weight excluding hydrogens is 322 g/mol. The van der Waals surface area contributed by atoms with Gasteiger partial charge in [-0.05, 0) is 50.7 Å². The fourth-order valence-corrected chi connectivity index (χ4v) is 4.51. The smallest absolute Gasteiger partial charge is 0.338 e. The Morgan fingerprint density at radius 3 is 2.52 bits per heavy atom. The van der Waals surface area contributed by atoms with Crippen molar-refractivity contribution in [1.82, 2.24) is 4.31 Å². The zero-order valence-corrected chi connectivity index (χ0v) is 13.7. The van der Waals surface area contributed by atoms with E-state index in [1.54, 1.807) is 0 Å². The first-order chi connectivity index (χ1) is 10.9. The molecule has 8 heteroatoms. The van der Waals surface area contributed by atoms with Crippen molar-refractivity contribution >= 4 is 16.0 Å². The molecule has 23 heavy (non-hydrogen) atoms. The number of esters is 1. The van der Waals surface area contributed by atoms with Gasteiger partial charge >= 0.3 is 5.97 Å². The molecule has 1 saturated heterocycles. The minimum Gasteiger partial charge on any atom is -0.455 e. The van der Waals surface area contributed by atoms with Gasteiger partial charge in [-0.15, -0.1) is 0 Å². The molecule has 0 radical (unpaired) electrons. The van der Waals surface area contributed by atoms with E-state index in [2.05, 4.69) is 0 Å². The van der Waals surface area contributed by atoms with Crippen LogP contribution in [0.4, 0.5) is 0 Å². The van der Waals surface area contributed by atoms with Gasteiger partial charge in [0, 0.05) is 13.1 Å². The Bertz CT molecular complexity index is 668. The highest BCUT2D eigenvalue weighted by Crippen LogP contribution is 2.31. The maximum Gasteiger partial charge on any atom is 0.338 e. The highest BCUT2D eigenvalue weighted by Gasteiger charge is 2.40. The monoisotopic (exact) mass is 343 g/mol. The molecule has 7 nitrogen and oxygen atoms in total. The standard InChI is InChI=1S/C15H21NO6S/c17-14(15(18)7-1-2-8-15)21-11-12-5-6-13(22-12)23(19,20)16-9-3-4-10-16/h5-6,18H,1-4,7-11H2. The van der Waals surface area contributed by atoms with Gasteiger partial charge in [-0.25, -0.2) is 13.2 Å². The molecule has 128 valence electrons. The average Bonchev–Trinajstić information content (AvgIpc) is 3.26. The number of aliphatic hydroxyl groups is 1. The minimum absolute atomic E-state index is 0.134. The van der Waals surface area contributed by atoms with Gasteiger partial charge in [0.2, 0.25) is 5.09 Å². The lowest BCUT2D eigenvalue weighted by Crippen LogP contribution is -2.36. The van der Waals surface area contributed by atoms with Gasteiger partial charge in [0.15, 0.2) is 5.60 Å². The number of hydrogen-bond donors (Lipinski definition) is 1. The van der Waals surface area contributed by atoms with E-state index in [0.717, 1.165) is 25.7 Å². The highest BCUT2D eigenvalue weighted by atomic mass is 32.2. The second kappa shape index (κ2) is 6.26. The summed E-state index contributed by atoms with van der Waals surface area (Å²) in [6.07, 6.45) is 4.10. The van der Waals surface area contributed by atoms with E-state index >= 15 is 0 Å². The Morgan fingerprint density at radius 1 is 1.22 bits per heavy atom. The van der Waals surface area contributed by atoms with Crippen LogP contribution < -0.4 is 0 Å². The molecule has 1 N–H and O–H groups in total. The van der Waals surface area contributed by atoms with Crippen LogP contribution in [0.1, 0.15) is 44.3 Å². The van der Waals surface area contributed by atoms with Crippen LogP contribution in [0.25, 0.3) is 0 Å². The second-order valence-electron chi connectivity index (χ2n) is 6.15. The number of furan rings is 1. The molecule has 0 aromatic carbocycles. The largest absolute Gasteiger partial charge is 0.455 e. The van der Waals surface area contributed by atoms with Crippen molar-refractivity contribution in [3.8, 4) is 0 Å². The van der Waals surface area contributed by atoms with Crippen LogP contribution >= 0.6 is 0 Å². The maximum atomic E-state index is 12.3. The van der Waals surface area contributed by atoms with Gasteiger partial charge in [0.25, 0.3) is 10.0 Å². The number of carbonyl (C=O) groups excluding carboxylic acids is 1. The minimum atomic E-state index is -3.61. The zero-order valence-electron chi connectivity index (χ0n) is 12.9. The first kappa shape index (κ1) is 16.5. The molecule has 1 aromatic rings. The molecule has 2 heterocycles. The zero-order chi connectivity index (χ0) is 16.5. The summed E-state index contributed by atoms with van der Waals surface area (Å²) >= 11 is 0. The van der Waals surface area contributed by atoms with Crippen molar-refractivity contribution in [2.45, 2.75) is 55.8 Å². The molecule has 1 aliphatic carbocycles. The number of rotatable bonds is 5. The third-order valence-electron chi connectivity index (χ3n) is 4.45. The van der Waals surface area contributed by atoms with Crippen LogP contribution in [0, 0.1) is 0 Å². The van der Waals surface area contributed by atoms with Crippen molar-refractivity contribution < 1.29 is 27.5 Å². The van der Waals surface area contributed by atoms with E-state index in [-0.39, 0.29) is 17.5 Å². The highest BCUT2D eigenvalue weighted by molar-refractivity contribution is 7.89. The Labute approximate surface area is 135 Å². The SMILES string of the molecule is O=C(OCc1ccc(S(=O)(=O)N2CCCC2)o1)C1(O)CCCC1. The third kappa shape index (κ3) is 3.29. The normalized spacial score (nSPS) is 21.6. The lowest BCUT2D eigenvalue weighted by Gasteiger charge is -2.19. The number of carbonyl (C=O) groups is 1. The molecule has 3 rings (SSSR count). The van der Waals surface area contributed by atoms with Crippen LogP contribution in [0.15, 0.2) is 21.6 Å². The van der Waals surface area contributed by atoms with Crippen LogP contribution in [-0.2, 0) is 26.2 Å². The maximum absolute atomic E-state index is 12.3. The van der Waals surface area contributed by atoms with Crippen molar-refractivity contribution in [3.63, 3.8) is 0 Å². The van der Waals surface area contributed by atoms with Gasteiger partial charge in [-0.2, -0.15) is 4.31 Å². The predicted octanol–water partition coefficient (Wildman–Crippen LogP) is 1.41. The van der Waals surface area contributed by atoms with Gasteiger partial charge in [-0.3, -0.25) is 0 Å².